The first-order valence-electron chi connectivity index (χ1n) is 12.6. The normalized spacial score (nSPS) is 21.6. The number of amides is 2. The molecule has 7 heteroatoms. The van der Waals surface area contributed by atoms with E-state index in [0.717, 1.165) is 36.8 Å². The number of ether oxygens (including phenoxy) is 1. The van der Waals surface area contributed by atoms with Crippen LogP contribution in [0.15, 0.2) is 48.5 Å². The fourth-order valence-electron chi connectivity index (χ4n) is 5.64. The third-order valence-corrected chi connectivity index (χ3v) is 7.57. The van der Waals surface area contributed by atoms with Gasteiger partial charge in [0.2, 0.25) is 5.91 Å². The molecule has 0 aromatic heterocycles. The number of benzene rings is 2. The maximum Gasteiger partial charge on any atom is 0.407 e. The Hall–Kier alpha value is -3.35. The molecule has 2 amide bonds. The average molecular weight is 477 g/mol. The van der Waals surface area contributed by atoms with Crippen LogP contribution in [0.5, 0.6) is 0 Å². The molecule has 3 aliphatic rings. The molecule has 0 spiro atoms. The maximum atomic E-state index is 13.0. The minimum absolute atomic E-state index is 0.0338. The molecule has 184 valence electrons. The number of aliphatic carboxylic acids is 1. The van der Waals surface area contributed by atoms with Gasteiger partial charge in [-0.3, -0.25) is 9.59 Å². The number of hydrogen-bond donors (Lipinski definition) is 3. The lowest BCUT2D eigenvalue weighted by Gasteiger charge is -2.22. The van der Waals surface area contributed by atoms with Gasteiger partial charge in [-0.1, -0.05) is 61.4 Å². The summed E-state index contributed by atoms with van der Waals surface area (Å²) >= 11 is 0. The molecule has 0 radical (unpaired) electrons. The molecular weight excluding hydrogens is 444 g/mol. The fraction of sp³-hybridized carbons (Fsp3) is 0.464. The van der Waals surface area contributed by atoms with Gasteiger partial charge in [0, 0.05) is 18.4 Å². The number of fused-ring (bicyclic) bond motifs is 3. The van der Waals surface area contributed by atoms with Gasteiger partial charge in [-0.25, -0.2) is 4.79 Å². The molecule has 0 saturated heterocycles. The van der Waals surface area contributed by atoms with Gasteiger partial charge in [-0.15, -0.1) is 0 Å². The van der Waals surface area contributed by atoms with Crippen molar-refractivity contribution in [3.8, 4) is 11.1 Å². The summed E-state index contributed by atoms with van der Waals surface area (Å²) in [7, 11) is 0. The molecule has 7 nitrogen and oxygen atoms in total. The Morgan fingerprint density at radius 1 is 0.914 bits per heavy atom. The minimum atomic E-state index is -0.800. The largest absolute Gasteiger partial charge is 0.481 e. The van der Waals surface area contributed by atoms with Crippen molar-refractivity contribution in [2.75, 3.05) is 6.61 Å². The van der Waals surface area contributed by atoms with Gasteiger partial charge in [0.25, 0.3) is 0 Å². The second-order valence-electron chi connectivity index (χ2n) is 10.2. The van der Waals surface area contributed by atoms with E-state index in [1.165, 1.54) is 11.1 Å². The van der Waals surface area contributed by atoms with Gasteiger partial charge in [0.15, 0.2) is 0 Å². The number of hydrogen-bond acceptors (Lipinski definition) is 4. The Kier molecular flexibility index (Phi) is 6.75. The van der Waals surface area contributed by atoms with Crippen molar-refractivity contribution < 1.29 is 24.2 Å². The molecule has 2 aromatic rings. The fourth-order valence-corrected chi connectivity index (χ4v) is 5.64. The zero-order chi connectivity index (χ0) is 24.4. The van der Waals surface area contributed by atoms with Crippen LogP contribution < -0.4 is 10.6 Å². The van der Waals surface area contributed by atoms with Crippen LogP contribution in [0.4, 0.5) is 4.79 Å². The van der Waals surface area contributed by atoms with Crippen LogP contribution in [-0.4, -0.2) is 41.8 Å². The van der Waals surface area contributed by atoms with Crippen molar-refractivity contribution in [2.45, 2.75) is 62.9 Å². The first-order valence-corrected chi connectivity index (χ1v) is 12.6. The lowest BCUT2D eigenvalue weighted by molar-refractivity contribution is -0.138. The first-order chi connectivity index (χ1) is 17.0. The van der Waals surface area contributed by atoms with Crippen LogP contribution >= 0.6 is 0 Å². The highest BCUT2D eigenvalue weighted by atomic mass is 16.5. The minimum Gasteiger partial charge on any atom is -0.481 e. The van der Waals surface area contributed by atoms with E-state index in [1.54, 1.807) is 0 Å². The summed E-state index contributed by atoms with van der Waals surface area (Å²) < 4.78 is 5.66. The monoisotopic (exact) mass is 476 g/mol. The Labute approximate surface area is 205 Å². The summed E-state index contributed by atoms with van der Waals surface area (Å²) in [6.07, 6.45) is 4.52. The molecule has 35 heavy (non-hydrogen) atoms. The highest BCUT2D eigenvalue weighted by Gasteiger charge is 2.34. The van der Waals surface area contributed by atoms with Gasteiger partial charge < -0.3 is 20.5 Å². The average Bonchev–Trinajstić information content (AvgIpc) is 3.47. The van der Waals surface area contributed by atoms with Gasteiger partial charge in [0.05, 0.1) is 0 Å². The molecule has 2 fully saturated rings. The van der Waals surface area contributed by atoms with Gasteiger partial charge >= 0.3 is 12.1 Å². The number of rotatable bonds is 9. The topological polar surface area (TPSA) is 105 Å². The Morgan fingerprint density at radius 2 is 1.54 bits per heavy atom. The number of carboxylic acids is 1. The number of nitrogens with one attached hydrogen (secondary N) is 2. The Morgan fingerprint density at radius 3 is 2.17 bits per heavy atom. The lowest BCUT2D eigenvalue weighted by atomic mass is 9.98. The zero-order valence-corrected chi connectivity index (χ0v) is 19.7. The van der Waals surface area contributed by atoms with Crippen LogP contribution in [0.1, 0.15) is 62.0 Å². The number of alkyl carbamates (subject to hydrolysis) is 1. The van der Waals surface area contributed by atoms with E-state index in [2.05, 4.69) is 34.9 Å². The summed E-state index contributed by atoms with van der Waals surface area (Å²) in [5.41, 5.74) is 4.62. The van der Waals surface area contributed by atoms with E-state index in [9.17, 15) is 14.4 Å². The van der Waals surface area contributed by atoms with E-state index in [4.69, 9.17) is 9.84 Å². The summed E-state index contributed by atoms with van der Waals surface area (Å²) in [6, 6.07) is 15.7. The van der Waals surface area contributed by atoms with E-state index in [-0.39, 0.29) is 36.8 Å². The third kappa shape index (κ3) is 5.50. The van der Waals surface area contributed by atoms with E-state index in [0.29, 0.717) is 18.8 Å². The highest BCUT2D eigenvalue weighted by molar-refractivity contribution is 5.86. The number of carbonyl (C=O) groups is 3. The number of carboxylic acid groups (broad SMARTS) is 1. The molecule has 0 heterocycles. The molecule has 2 unspecified atom stereocenters. The molecule has 3 N–H and O–H groups in total. The summed E-state index contributed by atoms with van der Waals surface area (Å²) in [5.74, 6) is -0.497. The summed E-state index contributed by atoms with van der Waals surface area (Å²) in [5, 5.41) is 14.9. The third-order valence-electron chi connectivity index (χ3n) is 7.57. The van der Waals surface area contributed by atoms with Gasteiger partial charge in [-0.2, -0.15) is 0 Å². The molecule has 2 saturated carbocycles. The van der Waals surface area contributed by atoms with Crippen LogP contribution in [-0.2, 0) is 14.3 Å². The molecule has 3 aliphatic carbocycles. The quantitative estimate of drug-likeness (QED) is 0.496. The summed E-state index contributed by atoms with van der Waals surface area (Å²) in [4.78, 5) is 36.8. The van der Waals surface area contributed by atoms with Crippen molar-refractivity contribution in [1.29, 1.82) is 0 Å². The van der Waals surface area contributed by atoms with Gasteiger partial charge in [-0.05, 0) is 59.8 Å². The lowest BCUT2D eigenvalue weighted by Crippen LogP contribution is -2.49. The molecule has 5 rings (SSSR count). The highest BCUT2D eigenvalue weighted by Crippen LogP contribution is 2.44. The van der Waals surface area contributed by atoms with E-state index < -0.39 is 18.1 Å². The SMILES string of the molecule is O=C(O)CC1CCC(NC(=O)[C@H](CC2CC2)NC(=O)OCC2c3ccccc3-c3ccccc32)C1. The molecular formula is C28H32N2O5. The predicted molar refractivity (Wildman–Crippen MR) is 131 cm³/mol. The first kappa shape index (κ1) is 23.4. The Balaban J connectivity index is 1.18. The van der Waals surface area contributed by atoms with Crippen molar-refractivity contribution in [1.82, 2.24) is 10.6 Å². The van der Waals surface area contributed by atoms with Crippen molar-refractivity contribution in [2.24, 2.45) is 11.8 Å². The predicted octanol–water partition coefficient (Wildman–Crippen LogP) is 4.45. The van der Waals surface area contributed by atoms with Crippen molar-refractivity contribution in [3.05, 3.63) is 59.7 Å². The standard InChI is InChI=1S/C28H32N2O5/c31-26(32)15-18-11-12-19(13-18)29-27(33)25(14-17-9-10-17)30-28(34)35-16-24-22-7-3-1-5-20(22)21-6-2-4-8-23(21)24/h1-8,17-19,24-25H,9-16H2,(H,29,33)(H,30,34)(H,31,32)/t18?,19?,25-/m0/s1. The smallest absolute Gasteiger partial charge is 0.407 e. The second-order valence-corrected chi connectivity index (χ2v) is 10.2. The van der Waals surface area contributed by atoms with Crippen LogP contribution in [0.2, 0.25) is 0 Å². The van der Waals surface area contributed by atoms with Crippen LogP contribution in [0.25, 0.3) is 11.1 Å². The van der Waals surface area contributed by atoms with Crippen LogP contribution in [0.3, 0.4) is 0 Å². The number of carbonyl (C=O) groups excluding carboxylic acids is 2. The molecule has 2 aromatic carbocycles. The van der Waals surface area contributed by atoms with E-state index >= 15 is 0 Å². The Bertz CT molecular complexity index is 1070. The molecule has 0 aliphatic heterocycles. The second kappa shape index (κ2) is 10.1. The maximum absolute atomic E-state index is 13.0. The summed E-state index contributed by atoms with van der Waals surface area (Å²) in [6.45, 7) is 0.205. The van der Waals surface area contributed by atoms with Crippen LogP contribution in [0, 0.1) is 11.8 Å². The van der Waals surface area contributed by atoms with Crippen molar-refractivity contribution >= 4 is 18.0 Å². The van der Waals surface area contributed by atoms with Crippen molar-refractivity contribution in [3.63, 3.8) is 0 Å². The molecule has 0 bridgehead atoms. The molecule has 3 atom stereocenters. The zero-order valence-electron chi connectivity index (χ0n) is 19.7. The van der Waals surface area contributed by atoms with E-state index in [1.807, 2.05) is 24.3 Å². The van der Waals surface area contributed by atoms with Gasteiger partial charge in [0.1, 0.15) is 12.6 Å².